The molecule has 3 heterocycles. The summed E-state index contributed by atoms with van der Waals surface area (Å²) in [6, 6.07) is 5.77. The zero-order valence-electron chi connectivity index (χ0n) is 13.7. The van der Waals surface area contributed by atoms with Crippen molar-refractivity contribution in [2.24, 2.45) is 0 Å². The van der Waals surface area contributed by atoms with E-state index in [1.165, 1.54) is 0 Å². The van der Waals surface area contributed by atoms with Crippen molar-refractivity contribution in [3.8, 4) is 11.4 Å². The van der Waals surface area contributed by atoms with Gasteiger partial charge in [-0.3, -0.25) is 9.88 Å². The monoisotopic (exact) mass is 333 g/mol. The molecule has 0 aromatic carbocycles. The summed E-state index contributed by atoms with van der Waals surface area (Å²) in [5, 5.41) is 0. The van der Waals surface area contributed by atoms with Gasteiger partial charge in [-0.2, -0.15) is 0 Å². The van der Waals surface area contributed by atoms with Crippen molar-refractivity contribution in [2.45, 2.75) is 19.8 Å². The predicted molar refractivity (Wildman–Crippen MR) is 89.3 cm³/mol. The lowest BCUT2D eigenvalue weighted by Crippen LogP contribution is -2.48. The van der Waals surface area contributed by atoms with Gasteiger partial charge in [0.25, 0.3) is 6.43 Å². The molecule has 0 radical (unpaired) electrons. The average Bonchev–Trinajstić information content (AvgIpc) is 2.62. The van der Waals surface area contributed by atoms with E-state index >= 15 is 0 Å². The number of piperazine rings is 1. The predicted octanol–water partition coefficient (Wildman–Crippen LogP) is 2.49. The van der Waals surface area contributed by atoms with E-state index in [0.29, 0.717) is 32.0 Å². The van der Waals surface area contributed by atoms with E-state index in [4.69, 9.17) is 0 Å². The Bertz CT molecular complexity index is 657. The topological polar surface area (TPSA) is 45.2 Å². The normalized spacial score (nSPS) is 15.9. The molecule has 1 fully saturated rings. The summed E-state index contributed by atoms with van der Waals surface area (Å²) in [6.07, 6.45) is 1.99. The molecule has 5 nitrogen and oxygen atoms in total. The van der Waals surface area contributed by atoms with Gasteiger partial charge < -0.3 is 4.90 Å². The average molecular weight is 333 g/mol. The molecule has 1 aliphatic heterocycles. The van der Waals surface area contributed by atoms with Gasteiger partial charge in [-0.15, -0.1) is 0 Å². The van der Waals surface area contributed by atoms with E-state index < -0.39 is 6.43 Å². The van der Waals surface area contributed by atoms with Crippen LogP contribution in [0.4, 0.5) is 14.6 Å². The SMILES string of the molecule is CCc1cc(N2CCN(CC(F)F)CC2)nc(-c2ccncc2)n1. The summed E-state index contributed by atoms with van der Waals surface area (Å²) in [6.45, 7) is 4.55. The van der Waals surface area contributed by atoms with Crippen LogP contribution in [-0.2, 0) is 6.42 Å². The Balaban J connectivity index is 1.79. The molecule has 0 unspecified atom stereocenters. The van der Waals surface area contributed by atoms with Crippen LogP contribution in [0.1, 0.15) is 12.6 Å². The molecular weight excluding hydrogens is 312 g/mol. The fraction of sp³-hybridized carbons (Fsp3) is 0.471. The van der Waals surface area contributed by atoms with Crippen LogP contribution in [0.3, 0.4) is 0 Å². The van der Waals surface area contributed by atoms with Crippen LogP contribution >= 0.6 is 0 Å². The van der Waals surface area contributed by atoms with Gasteiger partial charge in [-0.1, -0.05) is 6.92 Å². The van der Waals surface area contributed by atoms with E-state index in [1.54, 1.807) is 17.3 Å². The Morgan fingerprint density at radius 2 is 1.79 bits per heavy atom. The first-order valence-electron chi connectivity index (χ1n) is 8.19. The first kappa shape index (κ1) is 16.7. The molecule has 0 N–H and O–H groups in total. The first-order chi connectivity index (χ1) is 11.7. The van der Waals surface area contributed by atoms with Gasteiger partial charge in [0.2, 0.25) is 0 Å². The Labute approximate surface area is 140 Å². The van der Waals surface area contributed by atoms with Crippen LogP contribution in [0.25, 0.3) is 11.4 Å². The molecule has 2 aromatic heterocycles. The maximum Gasteiger partial charge on any atom is 0.251 e. The molecule has 0 atom stereocenters. The molecule has 2 aromatic rings. The van der Waals surface area contributed by atoms with Crippen molar-refractivity contribution in [1.29, 1.82) is 0 Å². The highest BCUT2D eigenvalue weighted by atomic mass is 19.3. The number of aryl methyl sites for hydroxylation is 1. The van der Waals surface area contributed by atoms with Crippen molar-refractivity contribution in [3.05, 3.63) is 36.3 Å². The number of anilines is 1. The van der Waals surface area contributed by atoms with Gasteiger partial charge in [0.1, 0.15) is 5.82 Å². The van der Waals surface area contributed by atoms with Gasteiger partial charge in [-0.25, -0.2) is 18.7 Å². The number of rotatable bonds is 5. The maximum absolute atomic E-state index is 12.5. The lowest BCUT2D eigenvalue weighted by molar-refractivity contribution is 0.0854. The van der Waals surface area contributed by atoms with Gasteiger partial charge in [-0.05, 0) is 18.6 Å². The number of alkyl halides is 2. The molecule has 0 bridgehead atoms. The van der Waals surface area contributed by atoms with E-state index in [1.807, 2.05) is 18.2 Å². The van der Waals surface area contributed by atoms with Crippen molar-refractivity contribution in [3.63, 3.8) is 0 Å². The third-order valence-corrected chi connectivity index (χ3v) is 4.16. The molecule has 0 saturated carbocycles. The van der Waals surface area contributed by atoms with Crippen LogP contribution in [-0.4, -0.2) is 59.0 Å². The van der Waals surface area contributed by atoms with Gasteiger partial charge in [0.05, 0.1) is 6.54 Å². The van der Waals surface area contributed by atoms with Crippen LogP contribution in [0.15, 0.2) is 30.6 Å². The quantitative estimate of drug-likeness (QED) is 0.841. The fourth-order valence-corrected chi connectivity index (χ4v) is 2.81. The standard InChI is InChI=1S/C17H21F2N5/c1-2-14-11-16(22-17(21-14)13-3-5-20-6-4-13)24-9-7-23(8-10-24)12-15(18)19/h3-6,11,15H,2,7-10,12H2,1H3. The second kappa shape index (κ2) is 7.61. The Morgan fingerprint density at radius 1 is 1.08 bits per heavy atom. The number of hydrogen-bond donors (Lipinski definition) is 0. The minimum absolute atomic E-state index is 0.153. The summed E-state index contributed by atoms with van der Waals surface area (Å²) in [5.74, 6) is 1.55. The summed E-state index contributed by atoms with van der Waals surface area (Å²) in [7, 11) is 0. The molecule has 0 amide bonds. The Hall–Kier alpha value is -2.15. The Morgan fingerprint density at radius 3 is 2.42 bits per heavy atom. The molecule has 1 aliphatic rings. The van der Waals surface area contributed by atoms with Gasteiger partial charge >= 0.3 is 0 Å². The maximum atomic E-state index is 12.5. The zero-order chi connectivity index (χ0) is 16.9. The highest BCUT2D eigenvalue weighted by molar-refractivity contribution is 5.57. The highest BCUT2D eigenvalue weighted by Gasteiger charge is 2.21. The lowest BCUT2D eigenvalue weighted by atomic mass is 10.2. The highest BCUT2D eigenvalue weighted by Crippen LogP contribution is 2.21. The van der Waals surface area contributed by atoms with Crippen molar-refractivity contribution < 1.29 is 8.78 Å². The lowest BCUT2D eigenvalue weighted by Gasteiger charge is -2.35. The van der Waals surface area contributed by atoms with Crippen LogP contribution < -0.4 is 4.90 Å². The summed E-state index contributed by atoms with van der Waals surface area (Å²) < 4.78 is 25.0. The molecule has 0 aliphatic carbocycles. The van der Waals surface area contributed by atoms with E-state index in [-0.39, 0.29) is 6.54 Å². The summed E-state index contributed by atoms with van der Waals surface area (Å²) >= 11 is 0. The molecule has 128 valence electrons. The molecule has 7 heteroatoms. The number of pyridine rings is 1. The third kappa shape index (κ3) is 4.03. The largest absolute Gasteiger partial charge is 0.354 e. The van der Waals surface area contributed by atoms with Gasteiger partial charge in [0.15, 0.2) is 5.82 Å². The fourth-order valence-electron chi connectivity index (χ4n) is 2.81. The molecule has 0 spiro atoms. The number of halogens is 2. The first-order valence-corrected chi connectivity index (χ1v) is 8.19. The van der Waals surface area contributed by atoms with E-state index in [9.17, 15) is 8.78 Å². The van der Waals surface area contributed by atoms with Crippen molar-refractivity contribution >= 4 is 5.82 Å². The minimum atomic E-state index is -2.28. The third-order valence-electron chi connectivity index (χ3n) is 4.16. The molecule has 1 saturated heterocycles. The van der Waals surface area contributed by atoms with E-state index in [2.05, 4.69) is 26.8 Å². The van der Waals surface area contributed by atoms with Gasteiger partial charge in [0, 0.05) is 55.9 Å². The molecule has 24 heavy (non-hydrogen) atoms. The minimum Gasteiger partial charge on any atom is -0.354 e. The van der Waals surface area contributed by atoms with E-state index in [0.717, 1.165) is 23.5 Å². The zero-order valence-corrected chi connectivity index (χ0v) is 13.7. The second-order valence-corrected chi connectivity index (χ2v) is 5.81. The van der Waals surface area contributed by atoms with Crippen LogP contribution in [0.5, 0.6) is 0 Å². The number of aromatic nitrogens is 3. The van der Waals surface area contributed by atoms with Crippen molar-refractivity contribution in [2.75, 3.05) is 37.6 Å². The number of hydrogen-bond acceptors (Lipinski definition) is 5. The molecule has 3 rings (SSSR count). The summed E-state index contributed by atoms with van der Waals surface area (Å²) in [5.41, 5.74) is 1.90. The molecular formula is C17H21F2N5. The smallest absolute Gasteiger partial charge is 0.251 e. The second-order valence-electron chi connectivity index (χ2n) is 5.81. The van der Waals surface area contributed by atoms with Crippen molar-refractivity contribution in [1.82, 2.24) is 19.9 Å². The number of nitrogens with zero attached hydrogens (tertiary/aromatic N) is 5. The summed E-state index contributed by atoms with van der Waals surface area (Å²) in [4.78, 5) is 17.2. The Kier molecular flexibility index (Phi) is 5.30. The van der Waals surface area contributed by atoms with Crippen LogP contribution in [0, 0.1) is 0 Å². The van der Waals surface area contributed by atoms with Crippen LogP contribution in [0.2, 0.25) is 0 Å².